The summed E-state index contributed by atoms with van der Waals surface area (Å²) in [5, 5.41) is 16.4. The Hall–Kier alpha value is -1.66. The molecule has 0 radical (unpaired) electrons. The van der Waals surface area contributed by atoms with Gasteiger partial charge in [-0.2, -0.15) is 0 Å². The second kappa shape index (κ2) is 6.45. The first-order valence-corrected chi connectivity index (χ1v) is 8.30. The summed E-state index contributed by atoms with van der Waals surface area (Å²) in [6.45, 7) is 5.39. The minimum absolute atomic E-state index is 0.0161. The number of aliphatic hydroxyl groups excluding tert-OH is 1. The van der Waals surface area contributed by atoms with Crippen LogP contribution in [0.1, 0.15) is 43.5 Å². The van der Waals surface area contributed by atoms with Crippen molar-refractivity contribution < 1.29 is 14.6 Å². The number of aliphatic hydroxyl groups is 1. The molecule has 2 aliphatic rings. The van der Waals surface area contributed by atoms with Crippen molar-refractivity contribution in [3.63, 3.8) is 0 Å². The molecule has 1 aliphatic heterocycles. The number of anilines is 1. The molecular weight excluding hydrogens is 294 g/mol. The average Bonchev–Trinajstić information content (AvgIpc) is 2.55. The van der Waals surface area contributed by atoms with E-state index in [-0.39, 0.29) is 23.5 Å². The zero-order valence-electron chi connectivity index (χ0n) is 13.7. The number of amides is 1. The number of aromatic nitrogens is 1. The Morgan fingerprint density at radius 3 is 2.70 bits per heavy atom. The van der Waals surface area contributed by atoms with Gasteiger partial charge in [-0.15, -0.1) is 0 Å². The van der Waals surface area contributed by atoms with Crippen LogP contribution in [0.3, 0.4) is 0 Å². The minimum atomic E-state index is -0.340. The van der Waals surface area contributed by atoms with Gasteiger partial charge < -0.3 is 20.5 Å². The number of hydrogen-bond donors (Lipinski definition) is 3. The van der Waals surface area contributed by atoms with Gasteiger partial charge in [0.05, 0.1) is 11.7 Å². The highest BCUT2D eigenvalue weighted by Crippen LogP contribution is 2.49. The summed E-state index contributed by atoms with van der Waals surface area (Å²) < 4.78 is 5.39. The van der Waals surface area contributed by atoms with Gasteiger partial charge in [0.1, 0.15) is 5.82 Å². The number of carbonyl (C=O) groups excluding carboxylic acids is 1. The van der Waals surface area contributed by atoms with Crippen LogP contribution in [0.2, 0.25) is 0 Å². The molecular formula is C17H25N3O3. The molecule has 1 amide bonds. The topological polar surface area (TPSA) is 83.5 Å². The van der Waals surface area contributed by atoms with E-state index in [4.69, 9.17) is 4.74 Å². The Balaban J connectivity index is 1.63. The van der Waals surface area contributed by atoms with Crippen LogP contribution in [0, 0.1) is 5.41 Å². The van der Waals surface area contributed by atoms with Gasteiger partial charge in [0.2, 0.25) is 0 Å². The van der Waals surface area contributed by atoms with Gasteiger partial charge in [-0.3, -0.25) is 4.79 Å². The van der Waals surface area contributed by atoms with E-state index in [1.807, 2.05) is 19.9 Å². The molecule has 0 unspecified atom stereocenters. The molecule has 3 rings (SSSR count). The summed E-state index contributed by atoms with van der Waals surface area (Å²) in [6, 6.07) is 3.91. The predicted molar refractivity (Wildman–Crippen MR) is 87.4 cm³/mol. The molecule has 1 saturated carbocycles. The summed E-state index contributed by atoms with van der Waals surface area (Å²) in [5.74, 6) is 0.632. The number of rotatable bonds is 4. The van der Waals surface area contributed by atoms with Crippen molar-refractivity contribution in [2.24, 2.45) is 5.41 Å². The number of ether oxygens (including phenoxy) is 1. The predicted octanol–water partition coefficient (Wildman–Crippen LogP) is 1.56. The molecule has 126 valence electrons. The molecule has 2 atom stereocenters. The van der Waals surface area contributed by atoms with E-state index in [0.717, 1.165) is 18.7 Å². The lowest BCUT2D eigenvalue weighted by molar-refractivity contribution is -0.145. The van der Waals surface area contributed by atoms with E-state index in [1.165, 1.54) is 0 Å². The van der Waals surface area contributed by atoms with Crippen molar-refractivity contribution in [2.75, 3.05) is 18.5 Å². The molecule has 6 nitrogen and oxygen atoms in total. The van der Waals surface area contributed by atoms with Crippen LogP contribution in [0.15, 0.2) is 18.3 Å². The van der Waals surface area contributed by atoms with Gasteiger partial charge in [-0.25, -0.2) is 4.98 Å². The maximum atomic E-state index is 12.4. The van der Waals surface area contributed by atoms with Gasteiger partial charge in [0.25, 0.3) is 5.91 Å². The van der Waals surface area contributed by atoms with Crippen molar-refractivity contribution in [1.82, 2.24) is 10.3 Å². The molecule has 6 heteroatoms. The Morgan fingerprint density at radius 1 is 1.39 bits per heavy atom. The summed E-state index contributed by atoms with van der Waals surface area (Å²) in [7, 11) is 0. The number of carbonyl (C=O) groups is 1. The Kier molecular flexibility index (Phi) is 4.55. The maximum absolute atomic E-state index is 12.4. The van der Waals surface area contributed by atoms with Crippen molar-refractivity contribution in [2.45, 2.75) is 51.3 Å². The molecule has 1 aromatic rings. The van der Waals surface area contributed by atoms with Crippen molar-refractivity contribution in [3.05, 3.63) is 23.9 Å². The van der Waals surface area contributed by atoms with Crippen LogP contribution >= 0.6 is 0 Å². The standard InChI is InChI=1S/C17H25N3O3/c1-11(2)19-15-4-3-12(10-18-15)16(22)20-13-9-14(21)17(13)5-7-23-8-6-17/h3-4,10-11,13-14,21H,5-9H2,1-2H3,(H,18,19)(H,20,22)/t13-,14-/m1/s1. The van der Waals surface area contributed by atoms with Gasteiger partial charge >= 0.3 is 0 Å². The summed E-state index contributed by atoms with van der Waals surface area (Å²) in [6.07, 6.45) is 3.47. The number of pyridine rings is 1. The number of hydrogen-bond acceptors (Lipinski definition) is 5. The van der Waals surface area contributed by atoms with Crippen molar-refractivity contribution in [3.8, 4) is 0 Å². The molecule has 1 aromatic heterocycles. The number of nitrogens with zero attached hydrogens (tertiary/aromatic N) is 1. The van der Waals surface area contributed by atoms with E-state index in [0.29, 0.717) is 31.2 Å². The molecule has 2 fully saturated rings. The lowest BCUT2D eigenvalue weighted by Gasteiger charge is -2.55. The zero-order valence-corrected chi connectivity index (χ0v) is 13.7. The summed E-state index contributed by atoms with van der Waals surface area (Å²) in [5.41, 5.74) is 0.336. The van der Waals surface area contributed by atoms with Crippen LogP contribution in [0.5, 0.6) is 0 Å². The second-order valence-electron chi connectivity index (χ2n) is 6.85. The third-order valence-electron chi connectivity index (χ3n) is 5.01. The first kappa shape index (κ1) is 16.2. The third kappa shape index (κ3) is 3.19. The summed E-state index contributed by atoms with van der Waals surface area (Å²) >= 11 is 0. The maximum Gasteiger partial charge on any atom is 0.253 e. The lowest BCUT2D eigenvalue weighted by atomic mass is 9.58. The fourth-order valence-electron chi connectivity index (χ4n) is 3.55. The van der Waals surface area contributed by atoms with Crippen LogP contribution in [-0.4, -0.2) is 47.4 Å². The molecule has 1 aliphatic carbocycles. The van der Waals surface area contributed by atoms with Crippen molar-refractivity contribution in [1.29, 1.82) is 0 Å². The molecule has 3 N–H and O–H groups in total. The van der Waals surface area contributed by atoms with Gasteiger partial charge in [0, 0.05) is 36.9 Å². The van der Waals surface area contributed by atoms with E-state index < -0.39 is 0 Å². The minimum Gasteiger partial charge on any atom is -0.392 e. The second-order valence-corrected chi connectivity index (χ2v) is 6.85. The van der Waals surface area contributed by atoms with E-state index >= 15 is 0 Å². The molecule has 0 aromatic carbocycles. The fourth-order valence-corrected chi connectivity index (χ4v) is 3.55. The van der Waals surface area contributed by atoms with Crippen LogP contribution in [0.4, 0.5) is 5.82 Å². The van der Waals surface area contributed by atoms with E-state index in [2.05, 4.69) is 15.6 Å². The fraction of sp³-hybridized carbons (Fsp3) is 0.647. The third-order valence-corrected chi connectivity index (χ3v) is 5.01. The van der Waals surface area contributed by atoms with E-state index in [9.17, 15) is 9.90 Å². The largest absolute Gasteiger partial charge is 0.392 e. The molecule has 23 heavy (non-hydrogen) atoms. The first-order valence-electron chi connectivity index (χ1n) is 8.30. The highest BCUT2D eigenvalue weighted by atomic mass is 16.5. The van der Waals surface area contributed by atoms with Crippen LogP contribution in [0.25, 0.3) is 0 Å². The molecule has 0 bridgehead atoms. The number of nitrogens with one attached hydrogen (secondary N) is 2. The highest BCUT2D eigenvalue weighted by molar-refractivity contribution is 5.94. The first-order chi connectivity index (χ1) is 11.0. The smallest absolute Gasteiger partial charge is 0.253 e. The molecule has 1 spiro atoms. The van der Waals surface area contributed by atoms with Crippen LogP contribution < -0.4 is 10.6 Å². The monoisotopic (exact) mass is 319 g/mol. The van der Waals surface area contributed by atoms with Gasteiger partial charge in [0.15, 0.2) is 0 Å². The van der Waals surface area contributed by atoms with Gasteiger partial charge in [-0.1, -0.05) is 0 Å². The normalized spacial score (nSPS) is 25.9. The molecule has 1 saturated heterocycles. The highest BCUT2D eigenvalue weighted by Gasteiger charge is 2.55. The Bertz CT molecular complexity index is 553. The lowest BCUT2D eigenvalue weighted by Crippen LogP contribution is -2.65. The SMILES string of the molecule is CC(C)Nc1ccc(C(=O)N[C@@H]2C[C@@H](O)C23CCOCC3)cn1. The van der Waals surface area contributed by atoms with Gasteiger partial charge in [-0.05, 0) is 45.2 Å². The summed E-state index contributed by atoms with van der Waals surface area (Å²) in [4.78, 5) is 16.7. The van der Waals surface area contributed by atoms with Crippen LogP contribution in [-0.2, 0) is 4.74 Å². The Morgan fingerprint density at radius 2 is 2.13 bits per heavy atom. The average molecular weight is 319 g/mol. The van der Waals surface area contributed by atoms with Crippen molar-refractivity contribution >= 4 is 11.7 Å². The molecule has 2 heterocycles. The zero-order chi connectivity index (χ0) is 16.4. The quantitative estimate of drug-likeness (QED) is 0.784. The van der Waals surface area contributed by atoms with E-state index in [1.54, 1.807) is 12.3 Å². The Labute approximate surface area is 136 Å².